The Balaban J connectivity index is 4.33. The van der Waals surface area contributed by atoms with Gasteiger partial charge < -0.3 is 0 Å². The van der Waals surface area contributed by atoms with Crippen molar-refractivity contribution in [1.82, 2.24) is 0 Å². The van der Waals surface area contributed by atoms with Gasteiger partial charge in [-0.1, -0.05) is 0 Å². The van der Waals surface area contributed by atoms with E-state index in [2.05, 4.69) is 22.4 Å². The number of carbonyl (C=O) groups excluding carboxylic acids is 1. The van der Waals surface area contributed by atoms with Gasteiger partial charge in [0.1, 0.15) is 0 Å². The zero-order valence-electron chi connectivity index (χ0n) is 9.56. The zero-order chi connectivity index (χ0) is 11.8. The van der Waals surface area contributed by atoms with E-state index < -0.39 is 20.2 Å². The molecule has 15 heavy (non-hydrogen) atoms. The molecule has 0 saturated heterocycles. The van der Waals surface area contributed by atoms with Gasteiger partial charge in [0.05, 0.1) is 0 Å². The second kappa shape index (κ2) is 7.76. The molecule has 0 fully saturated rings. The molecule has 84 valence electrons. The average Bonchev–Trinajstić information content (AvgIpc) is 2.21. The third-order valence-corrected chi connectivity index (χ3v) is 6.80. The van der Waals surface area contributed by atoms with Gasteiger partial charge in [0.2, 0.25) is 0 Å². The molecule has 4 heteroatoms. The van der Waals surface area contributed by atoms with Crippen LogP contribution in [0.25, 0.3) is 0 Å². The van der Waals surface area contributed by atoms with Crippen molar-refractivity contribution in [3.8, 4) is 6.07 Å². The molecule has 0 saturated carbocycles. The summed E-state index contributed by atoms with van der Waals surface area (Å²) in [4.78, 5) is 16.0. The zero-order valence-corrected chi connectivity index (χ0v) is 12.1. The van der Waals surface area contributed by atoms with Gasteiger partial charge in [-0.2, -0.15) is 0 Å². The quantitative estimate of drug-likeness (QED) is 0.429. The predicted molar refractivity (Wildman–Crippen MR) is 61.8 cm³/mol. The van der Waals surface area contributed by atoms with Gasteiger partial charge in [0, 0.05) is 0 Å². The SMILES string of the molecule is C=CCOC(=O)[CH](CC(C)C#N)[Sb]([CH3])[CH3]. The molecule has 0 aromatic heterocycles. The van der Waals surface area contributed by atoms with Crippen molar-refractivity contribution in [2.75, 3.05) is 6.61 Å². The fraction of sp³-hybridized carbons (Fsp3) is 0.636. The molecule has 0 heterocycles. The van der Waals surface area contributed by atoms with Gasteiger partial charge in [-0.05, 0) is 0 Å². The molecule has 0 aromatic carbocycles. The van der Waals surface area contributed by atoms with Crippen LogP contribution in [-0.4, -0.2) is 32.8 Å². The van der Waals surface area contributed by atoms with Gasteiger partial charge >= 0.3 is 99.2 Å². The first-order chi connectivity index (χ1) is 7.02. The minimum atomic E-state index is -1.53. The van der Waals surface area contributed by atoms with Crippen LogP contribution in [0.3, 0.4) is 0 Å². The van der Waals surface area contributed by atoms with Crippen molar-refractivity contribution in [2.24, 2.45) is 5.92 Å². The predicted octanol–water partition coefficient (Wildman–Crippen LogP) is 2.39. The number of ether oxygens (including phenoxy) is 1. The molecule has 3 nitrogen and oxygen atoms in total. The van der Waals surface area contributed by atoms with Crippen molar-refractivity contribution in [1.29, 1.82) is 5.26 Å². The fourth-order valence-corrected chi connectivity index (χ4v) is 4.66. The van der Waals surface area contributed by atoms with E-state index in [-0.39, 0.29) is 22.4 Å². The molecule has 0 radical (unpaired) electrons. The summed E-state index contributed by atoms with van der Waals surface area (Å²) in [6.07, 6.45) is 2.21. The first-order valence-electron chi connectivity index (χ1n) is 4.86. The number of carbonyl (C=O) groups is 1. The van der Waals surface area contributed by atoms with E-state index >= 15 is 0 Å². The van der Waals surface area contributed by atoms with Crippen LogP contribution in [0.5, 0.6) is 0 Å². The number of rotatable bonds is 6. The Labute approximate surface area is 99.1 Å². The van der Waals surface area contributed by atoms with Gasteiger partial charge in [-0.25, -0.2) is 0 Å². The topological polar surface area (TPSA) is 50.1 Å². The minimum absolute atomic E-state index is 0.0115. The van der Waals surface area contributed by atoms with Crippen LogP contribution in [0.4, 0.5) is 0 Å². The molecule has 0 aromatic rings. The van der Waals surface area contributed by atoms with Gasteiger partial charge in [0.15, 0.2) is 0 Å². The molecular formula is C11H18NO2Sb. The van der Waals surface area contributed by atoms with Crippen LogP contribution < -0.4 is 0 Å². The Morgan fingerprint density at radius 2 is 2.27 bits per heavy atom. The molecular weight excluding hydrogens is 300 g/mol. The summed E-state index contributed by atoms with van der Waals surface area (Å²) >= 11 is -1.53. The van der Waals surface area contributed by atoms with E-state index in [0.29, 0.717) is 6.42 Å². The number of nitriles is 1. The Morgan fingerprint density at radius 1 is 1.67 bits per heavy atom. The molecule has 0 bridgehead atoms. The first-order valence-corrected chi connectivity index (χ1v) is 11.4. The number of esters is 1. The molecule has 0 N–H and O–H groups in total. The van der Waals surface area contributed by atoms with Crippen molar-refractivity contribution >= 4 is 26.2 Å². The average molecular weight is 318 g/mol. The van der Waals surface area contributed by atoms with Gasteiger partial charge in [-0.3, -0.25) is 0 Å². The van der Waals surface area contributed by atoms with Crippen molar-refractivity contribution in [3.63, 3.8) is 0 Å². The van der Waals surface area contributed by atoms with E-state index in [4.69, 9.17) is 10.00 Å². The summed E-state index contributed by atoms with van der Waals surface area (Å²) in [7, 11) is 0. The van der Waals surface area contributed by atoms with E-state index in [1.807, 2.05) is 6.92 Å². The summed E-state index contributed by atoms with van der Waals surface area (Å²) in [5.74, 6) is -0.219. The molecule has 0 aliphatic carbocycles. The number of hydrogen-bond donors (Lipinski definition) is 0. The van der Waals surface area contributed by atoms with Crippen LogP contribution in [-0.2, 0) is 9.53 Å². The Morgan fingerprint density at radius 3 is 2.67 bits per heavy atom. The van der Waals surface area contributed by atoms with Crippen molar-refractivity contribution in [2.45, 2.75) is 26.9 Å². The Kier molecular flexibility index (Phi) is 7.51. The molecule has 0 rings (SSSR count). The fourth-order valence-electron chi connectivity index (χ4n) is 1.14. The maximum absolute atomic E-state index is 11.7. The van der Waals surface area contributed by atoms with E-state index in [0.717, 1.165) is 0 Å². The Hall–Kier alpha value is -0.482. The standard InChI is InChI=1S/C9H12NO2.2CH3.Sb/c1-3-6-12-9(11)5-4-8(2)7-10;;;/h3,5,8H,1,4,6H2,2H3;2*1H3;. The van der Waals surface area contributed by atoms with Gasteiger partial charge in [0.25, 0.3) is 0 Å². The molecule has 0 aliphatic heterocycles. The van der Waals surface area contributed by atoms with Crippen LogP contribution >= 0.6 is 0 Å². The van der Waals surface area contributed by atoms with Crippen molar-refractivity contribution < 1.29 is 9.53 Å². The third-order valence-electron chi connectivity index (χ3n) is 2.04. The van der Waals surface area contributed by atoms with E-state index in [9.17, 15) is 4.79 Å². The summed E-state index contributed by atoms with van der Waals surface area (Å²) in [6.45, 7) is 5.61. The summed E-state index contributed by atoms with van der Waals surface area (Å²) in [5.41, 5.74) is 0. The number of hydrogen-bond acceptors (Lipinski definition) is 3. The van der Waals surface area contributed by atoms with Crippen LogP contribution in [0.15, 0.2) is 12.7 Å². The van der Waals surface area contributed by atoms with Gasteiger partial charge in [-0.15, -0.1) is 0 Å². The van der Waals surface area contributed by atoms with E-state index in [1.54, 1.807) is 6.08 Å². The number of nitrogens with zero attached hydrogens (tertiary/aromatic N) is 1. The van der Waals surface area contributed by atoms with Crippen LogP contribution in [0.1, 0.15) is 13.3 Å². The van der Waals surface area contributed by atoms with E-state index in [1.165, 1.54) is 0 Å². The summed E-state index contributed by atoms with van der Waals surface area (Å²) < 4.78 is 5.03. The monoisotopic (exact) mass is 317 g/mol. The Bertz CT molecular complexity index is 258. The summed E-state index contributed by atoms with van der Waals surface area (Å²) in [5, 5.41) is 8.73. The second-order valence-corrected chi connectivity index (χ2v) is 10.9. The molecule has 0 spiro atoms. The van der Waals surface area contributed by atoms with Crippen LogP contribution in [0, 0.1) is 17.2 Å². The second-order valence-electron chi connectivity index (χ2n) is 3.66. The molecule has 0 amide bonds. The van der Waals surface area contributed by atoms with Crippen molar-refractivity contribution in [3.05, 3.63) is 12.7 Å². The molecule has 2 atom stereocenters. The maximum atomic E-state index is 11.7. The molecule has 2 unspecified atom stereocenters. The van der Waals surface area contributed by atoms with Crippen LogP contribution in [0.2, 0.25) is 13.6 Å². The molecule has 0 aliphatic rings. The summed E-state index contributed by atoms with van der Waals surface area (Å²) in [6, 6.07) is 2.16. The first kappa shape index (κ1) is 14.5. The third kappa shape index (κ3) is 5.84. The normalized spacial score (nSPS) is 14.1.